The highest BCUT2D eigenvalue weighted by molar-refractivity contribution is 5.02. The quantitative estimate of drug-likeness (QED) is 0.776. The van der Waals surface area contributed by atoms with E-state index in [9.17, 15) is 5.11 Å². The van der Waals surface area contributed by atoms with E-state index in [1.54, 1.807) is 0 Å². The molecule has 0 aliphatic carbocycles. The van der Waals surface area contributed by atoms with Crippen molar-refractivity contribution in [2.45, 2.75) is 74.5 Å². The molecule has 1 rings (SSSR count). The van der Waals surface area contributed by atoms with Gasteiger partial charge in [0, 0.05) is 12.5 Å². The second kappa shape index (κ2) is 5.04. The van der Waals surface area contributed by atoms with Crippen LogP contribution in [0.5, 0.6) is 0 Å². The Bertz CT molecular complexity index is 301. The molecule has 2 nitrogen and oxygen atoms in total. The maximum atomic E-state index is 9.94. The van der Waals surface area contributed by atoms with E-state index in [1.165, 1.54) is 0 Å². The highest BCUT2D eigenvalue weighted by Gasteiger charge is 2.55. The van der Waals surface area contributed by atoms with E-state index >= 15 is 0 Å². The van der Waals surface area contributed by atoms with Gasteiger partial charge in [0.05, 0.1) is 12.2 Å². The van der Waals surface area contributed by atoms with Crippen LogP contribution in [-0.2, 0) is 4.74 Å². The van der Waals surface area contributed by atoms with E-state index in [2.05, 4.69) is 62.3 Å². The normalized spacial score (nSPS) is 33.8. The Morgan fingerprint density at radius 3 is 1.42 bits per heavy atom. The van der Waals surface area contributed by atoms with Crippen LogP contribution < -0.4 is 0 Å². The molecule has 1 heterocycles. The summed E-state index contributed by atoms with van der Waals surface area (Å²) in [5.41, 5.74) is 0.313. The summed E-state index contributed by atoms with van der Waals surface area (Å²) in [7, 11) is 0. The fraction of sp³-hybridized carbons (Fsp3) is 1.00. The van der Waals surface area contributed by atoms with Crippen LogP contribution in [0.1, 0.15) is 62.3 Å². The molecule has 1 aliphatic rings. The number of hydrogen-bond donors (Lipinski definition) is 1. The average Bonchev–Trinajstić information content (AvgIpc) is 2.53. The summed E-state index contributed by atoms with van der Waals surface area (Å²) in [4.78, 5) is 0. The first-order valence-corrected chi connectivity index (χ1v) is 7.56. The molecule has 114 valence electrons. The predicted octanol–water partition coefficient (Wildman–Crippen LogP) is 4.12. The molecule has 1 unspecified atom stereocenters. The standard InChI is InChI=1S/C17H34O2/c1-15(2,3)12-11(10-18)13(16(4,5)6)19-14(12)17(7,8)9/h11-14,18H,10H2,1-9H3/t11-,12?,13+,14-/m1/s1. The Kier molecular flexibility index (Phi) is 4.50. The lowest BCUT2D eigenvalue weighted by Gasteiger charge is -2.40. The van der Waals surface area contributed by atoms with Gasteiger partial charge in [-0.15, -0.1) is 0 Å². The van der Waals surface area contributed by atoms with E-state index in [-0.39, 0.29) is 41.0 Å². The third kappa shape index (κ3) is 3.52. The molecule has 0 aromatic carbocycles. The topological polar surface area (TPSA) is 29.5 Å². The van der Waals surface area contributed by atoms with Gasteiger partial charge < -0.3 is 9.84 Å². The lowest BCUT2D eigenvalue weighted by atomic mass is 9.64. The lowest BCUT2D eigenvalue weighted by molar-refractivity contribution is -0.0785. The summed E-state index contributed by atoms with van der Waals surface area (Å²) in [5.74, 6) is 0.617. The lowest BCUT2D eigenvalue weighted by Crippen LogP contribution is -2.41. The second-order valence-electron chi connectivity index (χ2n) is 9.45. The van der Waals surface area contributed by atoms with Crippen molar-refractivity contribution >= 4 is 0 Å². The minimum absolute atomic E-state index is 0.0664. The molecule has 0 spiro atoms. The number of hydrogen-bond acceptors (Lipinski definition) is 2. The van der Waals surface area contributed by atoms with Crippen LogP contribution in [0.4, 0.5) is 0 Å². The zero-order valence-electron chi connectivity index (χ0n) is 14.4. The van der Waals surface area contributed by atoms with Crippen molar-refractivity contribution in [1.29, 1.82) is 0 Å². The minimum Gasteiger partial charge on any atom is -0.396 e. The van der Waals surface area contributed by atoms with Crippen molar-refractivity contribution in [3.63, 3.8) is 0 Å². The van der Waals surface area contributed by atoms with Crippen molar-refractivity contribution in [3.8, 4) is 0 Å². The molecule has 2 heteroatoms. The van der Waals surface area contributed by atoms with Crippen molar-refractivity contribution in [1.82, 2.24) is 0 Å². The minimum atomic E-state index is 0.0664. The number of aliphatic hydroxyl groups excluding tert-OH is 1. The molecular formula is C17H34O2. The molecule has 1 saturated heterocycles. The van der Waals surface area contributed by atoms with E-state index < -0.39 is 0 Å². The Morgan fingerprint density at radius 2 is 1.16 bits per heavy atom. The van der Waals surface area contributed by atoms with Crippen molar-refractivity contribution in [3.05, 3.63) is 0 Å². The fourth-order valence-corrected chi connectivity index (χ4v) is 3.65. The molecule has 0 bridgehead atoms. The molecule has 0 saturated carbocycles. The van der Waals surface area contributed by atoms with Crippen LogP contribution in [-0.4, -0.2) is 23.9 Å². The fourth-order valence-electron chi connectivity index (χ4n) is 3.65. The Hall–Kier alpha value is -0.0800. The maximum absolute atomic E-state index is 9.94. The zero-order valence-corrected chi connectivity index (χ0v) is 14.4. The highest BCUT2D eigenvalue weighted by Crippen LogP contribution is 2.52. The third-order valence-corrected chi connectivity index (χ3v) is 4.39. The molecule has 1 aliphatic heterocycles. The van der Waals surface area contributed by atoms with Gasteiger partial charge in [-0.25, -0.2) is 0 Å². The molecule has 4 atom stereocenters. The van der Waals surface area contributed by atoms with Gasteiger partial charge in [-0.2, -0.15) is 0 Å². The van der Waals surface area contributed by atoms with Crippen LogP contribution in [0.2, 0.25) is 0 Å². The largest absolute Gasteiger partial charge is 0.396 e. The molecular weight excluding hydrogens is 236 g/mol. The number of rotatable bonds is 1. The van der Waals surface area contributed by atoms with Gasteiger partial charge in [0.15, 0.2) is 0 Å². The second-order valence-corrected chi connectivity index (χ2v) is 9.45. The summed E-state index contributed by atoms with van der Waals surface area (Å²) in [5, 5.41) is 9.94. The van der Waals surface area contributed by atoms with Crippen molar-refractivity contribution < 1.29 is 9.84 Å². The molecule has 0 aromatic heterocycles. The first kappa shape index (κ1) is 17.0. The van der Waals surface area contributed by atoms with E-state index in [0.717, 1.165) is 0 Å². The van der Waals surface area contributed by atoms with E-state index in [0.29, 0.717) is 5.92 Å². The summed E-state index contributed by atoms with van der Waals surface area (Å²) >= 11 is 0. The summed E-state index contributed by atoms with van der Waals surface area (Å²) < 4.78 is 6.47. The third-order valence-electron chi connectivity index (χ3n) is 4.39. The van der Waals surface area contributed by atoms with E-state index in [1.807, 2.05) is 0 Å². The predicted molar refractivity (Wildman–Crippen MR) is 81.1 cm³/mol. The Morgan fingerprint density at radius 1 is 0.737 bits per heavy atom. The van der Waals surface area contributed by atoms with Gasteiger partial charge in [0.2, 0.25) is 0 Å². The van der Waals surface area contributed by atoms with Crippen molar-refractivity contribution in [2.24, 2.45) is 28.1 Å². The average molecular weight is 270 g/mol. The number of ether oxygens (including phenoxy) is 1. The van der Waals surface area contributed by atoms with Crippen LogP contribution in [0, 0.1) is 28.1 Å². The zero-order chi connectivity index (χ0) is 15.2. The van der Waals surface area contributed by atoms with Crippen LogP contribution in [0.3, 0.4) is 0 Å². The van der Waals surface area contributed by atoms with Crippen LogP contribution in [0.25, 0.3) is 0 Å². The molecule has 0 radical (unpaired) electrons. The first-order chi connectivity index (χ1) is 8.30. The summed E-state index contributed by atoms with van der Waals surface area (Å²) in [6.45, 7) is 20.4. The Balaban J connectivity index is 3.21. The molecule has 0 aromatic rings. The van der Waals surface area contributed by atoms with Crippen LogP contribution in [0.15, 0.2) is 0 Å². The summed E-state index contributed by atoms with van der Waals surface area (Å²) in [6.07, 6.45) is 0.333. The van der Waals surface area contributed by atoms with Gasteiger partial charge in [-0.05, 0) is 22.2 Å². The van der Waals surface area contributed by atoms with Crippen LogP contribution >= 0.6 is 0 Å². The molecule has 0 amide bonds. The SMILES string of the molecule is CC(C)(C)C1[C@@H](CO)[C@@H](C(C)(C)C)O[C@H]1C(C)(C)C. The molecule has 1 N–H and O–H groups in total. The van der Waals surface area contributed by atoms with Crippen molar-refractivity contribution in [2.75, 3.05) is 6.61 Å². The Labute approximate surface area is 119 Å². The van der Waals surface area contributed by atoms with E-state index in [4.69, 9.17) is 4.74 Å². The molecule has 19 heavy (non-hydrogen) atoms. The molecule has 1 fully saturated rings. The van der Waals surface area contributed by atoms with Gasteiger partial charge >= 0.3 is 0 Å². The smallest absolute Gasteiger partial charge is 0.0681 e. The van der Waals surface area contributed by atoms with Gasteiger partial charge in [-0.3, -0.25) is 0 Å². The first-order valence-electron chi connectivity index (χ1n) is 7.56. The monoisotopic (exact) mass is 270 g/mol. The van der Waals surface area contributed by atoms with Gasteiger partial charge in [-0.1, -0.05) is 62.3 Å². The number of aliphatic hydroxyl groups is 1. The highest BCUT2D eigenvalue weighted by atomic mass is 16.5. The summed E-state index contributed by atoms with van der Waals surface area (Å²) in [6, 6.07) is 0. The van der Waals surface area contributed by atoms with Gasteiger partial charge in [0.1, 0.15) is 0 Å². The van der Waals surface area contributed by atoms with Gasteiger partial charge in [0.25, 0.3) is 0 Å². The maximum Gasteiger partial charge on any atom is 0.0681 e.